The molecule has 0 aromatic rings. The molecule has 2 amide bonds. The van der Waals surface area contributed by atoms with Crippen LogP contribution in [0.4, 0.5) is 4.79 Å². The Bertz CT molecular complexity index is 333. The Hall–Kier alpha value is -1.74. The van der Waals surface area contributed by atoms with Crippen LogP contribution in [-0.4, -0.2) is 40.4 Å². The lowest BCUT2D eigenvalue weighted by Crippen LogP contribution is -2.48. The Labute approximate surface area is 107 Å². The molecule has 4 N–H and O–H groups in total. The highest BCUT2D eigenvalue weighted by Crippen LogP contribution is 2.07. The average molecular weight is 256 g/mol. The highest BCUT2D eigenvalue weighted by Gasteiger charge is 2.25. The first-order valence-electron chi connectivity index (χ1n) is 5.75. The Balaban J connectivity index is 4.10. The van der Waals surface area contributed by atoms with Gasteiger partial charge < -0.3 is 20.8 Å². The highest BCUT2D eigenvalue weighted by molar-refractivity contribution is 5.75. The van der Waals surface area contributed by atoms with Gasteiger partial charge in [0.25, 0.3) is 0 Å². The fourth-order valence-corrected chi connectivity index (χ4v) is 1.35. The van der Waals surface area contributed by atoms with Gasteiger partial charge in [-0.2, -0.15) is 0 Å². The molecule has 6 heteroatoms. The first kappa shape index (κ1) is 16.3. The number of hydrogen-bond donors (Lipinski definition) is 4. The molecule has 0 saturated heterocycles. The van der Waals surface area contributed by atoms with Crippen molar-refractivity contribution in [2.75, 3.05) is 6.54 Å². The van der Waals surface area contributed by atoms with Gasteiger partial charge in [0.1, 0.15) is 0 Å². The van der Waals surface area contributed by atoms with Gasteiger partial charge in [0.05, 0.1) is 18.1 Å². The van der Waals surface area contributed by atoms with Crippen molar-refractivity contribution in [1.82, 2.24) is 10.6 Å². The van der Waals surface area contributed by atoms with E-state index in [-0.39, 0.29) is 12.6 Å². The number of carbonyl (C=O) groups is 2. The van der Waals surface area contributed by atoms with Crippen LogP contribution in [-0.2, 0) is 4.79 Å². The molecular formula is C12H20N2O4. The topological polar surface area (TPSA) is 98.7 Å². The number of aliphatic carboxylic acids is 1. The van der Waals surface area contributed by atoms with Crippen LogP contribution in [0.3, 0.4) is 0 Å². The summed E-state index contributed by atoms with van der Waals surface area (Å²) in [6.45, 7) is 3.13. The lowest BCUT2D eigenvalue weighted by Gasteiger charge is -2.22. The van der Waals surface area contributed by atoms with Crippen LogP contribution in [0.2, 0.25) is 0 Å². The molecule has 6 nitrogen and oxygen atoms in total. The molecule has 2 unspecified atom stereocenters. The van der Waals surface area contributed by atoms with Crippen molar-refractivity contribution >= 4 is 12.0 Å². The van der Waals surface area contributed by atoms with Crippen LogP contribution < -0.4 is 10.6 Å². The molecule has 0 aliphatic heterocycles. The van der Waals surface area contributed by atoms with Gasteiger partial charge in [0.15, 0.2) is 0 Å². The largest absolute Gasteiger partial charge is 0.481 e. The smallest absolute Gasteiger partial charge is 0.315 e. The summed E-state index contributed by atoms with van der Waals surface area (Å²) in [7, 11) is 0. The molecule has 0 aromatic heterocycles. The van der Waals surface area contributed by atoms with E-state index in [1.807, 2.05) is 6.92 Å². The van der Waals surface area contributed by atoms with Crippen molar-refractivity contribution in [3.63, 3.8) is 0 Å². The predicted molar refractivity (Wildman–Crippen MR) is 66.9 cm³/mol. The van der Waals surface area contributed by atoms with E-state index in [0.29, 0.717) is 6.42 Å². The Morgan fingerprint density at radius 3 is 2.56 bits per heavy atom. The van der Waals surface area contributed by atoms with Crippen molar-refractivity contribution in [1.29, 1.82) is 0 Å². The monoisotopic (exact) mass is 256 g/mol. The SMILES string of the molecule is C#CC(CCC)NC(=O)NCC(C)(O)CC(=O)O. The molecule has 18 heavy (non-hydrogen) atoms. The van der Waals surface area contributed by atoms with Gasteiger partial charge in [-0.25, -0.2) is 4.79 Å². The molecule has 0 rings (SSSR count). The number of urea groups is 1. The minimum absolute atomic E-state index is 0.158. The van der Waals surface area contributed by atoms with E-state index in [4.69, 9.17) is 11.5 Å². The Kier molecular flexibility index (Phi) is 6.83. The molecule has 0 fully saturated rings. The van der Waals surface area contributed by atoms with Crippen LogP contribution in [0.25, 0.3) is 0 Å². The van der Waals surface area contributed by atoms with Crippen molar-refractivity contribution in [2.24, 2.45) is 0 Å². The number of carboxylic acid groups (broad SMARTS) is 1. The number of aliphatic hydroxyl groups is 1. The third-order valence-corrected chi connectivity index (χ3v) is 2.25. The molecule has 0 aliphatic rings. The summed E-state index contributed by atoms with van der Waals surface area (Å²) in [5.74, 6) is 1.30. The number of hydrogen-bond acceptors (Lipinski definition) is 3. The Morgan fingerprint density at radius 1 is 1.50 bits per heavy atom. The van der Waals surface area contributed by atoms with Crippen molar-refractivity contribution in [2.45, 2.75) is 44.8 Å². The summed E-state index contributed by atoms with van der Waals surface area (Å²) in [5.41, 5.74) is -1.49. The third-order valence-electron chi connectivity index (χ3n) is 2.25. The van der Waals surface area contributed by atoms with Gasteiger partial charge in [-0.05, 0) is 13.3 Å². The summed E-state index contributed by atoms with van der Waals surface area (Å²) in [6, 6.07) is -0.878. The van der Waals surface area contributed by atoms with Gasteiger partial charge in [-0.1, -0.05) is 19.3 Å². The fraction of sp³-hybridized carbons (Fsp3) is 0.667. The normalized spacial score (nSPS) is 15.0. The first-order valence-corrected chi connectivity index (χ1v) is 5.75. The maximum absolute atomic E-state index is 11.4. The fourth-order valence-electron chi connectivity index (χ4n) is 1.35. The third kappa shape index (κ3) is 7.52. The summed E-state index contributed by atoms with van der Waals surface area (Å²) in [4.78, 5) is 21.9. The van der Waals surface area contributed by atoms with Crippen LogP contribution in [0.5, 0.6) is 0 Å². The molecule has 0 aliphatic carbocycles. The van der Waals surface area contributed by atoms with E-state index in [1.165, 1.54) is 6.92 Å². The van der Waals surface area contributed by atoms with Gasteiger partial charge in [-0.3, -0.25) is 4.79 Å². The standard InChI is InChI=1S/C12H20N2O4/c1-4-6-9(5-2)14-11(17)13-8-12(3,18)7-10(15)16/h2,9,18H,4,6-8H2,1,3H3,(H,15,16)(H2,13,14,17). The van der Waals surface area contributed by atoms with Crippen LogP contribution in [0, 0.1) is 12.3 Å². The highest BCUT2D eigenvalue weighted by atomic mass is 16.4. The van der Waals surface area contributed by atoms with E-state index in [0.717, 1.165) is 6.42 Å². The summed E-state index contributed by atoms with van der Waals surface area (Å²) in [6.07, 6.45) is 6.29. The van der Waals surface area contributed by atoms with Gasteiger partial charge in [-0.15, -0.1) is 6.42 Å². The minimum atomic E-state index is -1.49. The van der Waals surface area contributed by atoms with Crippen LogP contribution in [0.1, 0.15) is 33.1 Å². The molecule has 0 bridgehead atoms. The van der Waals surface area contributed by atoms with E-state index < -0.39 is 24.0 Å². The van der Waals surface area contributed by atoms with E-state index in [1.54, 1.807) is 0 Å². The molecule has 0 radical (unpaired) electrons. The number of carbonyl (C=O) groups excluding carboxylic acids is 1. The van der Waals surface area contributed by atoms with E-state index >= 15 is 0 Å². The zero-order valence-corrected chi connectivity index (χ0v) is 10.7. The first-order chi connectivity index (χ1) is 8.30. The molecular weight excluding hydrogens is 236 g/mol. The lowest BCUT2D eigenvalue weighted by atomic mass is 10.0. The lowest BCUT2D eigenvalue weighted by molar-refractivity contribution is -0.141. The molecule has 0 aromatic carbocycles. The van der Waals surface area contributed by atoms with E-state index in [2.05, 4.69) is 16.6 Å². The molecule has 0 heterocycles. The number of carboxylic acids is 1. The maximum Gasteiger partial charge on any atom is 0.315 e. The van der Waals surface area contributed by atoms with Crippen molar-refractivity contribution < 1.29 is 19.8 Å². The van der Waals surface area contributed by atoms with Gasteiger partial charge in [0, 0.05) is 6.54 Å². The Morgan fingerprint density at radius 2 is 2.11 bits per heavy atom. The molecule has 2 atom stereocenters. The van der Waals surface area contributed by atoms with Crippen molar-refractivity contribution in [3.05, 3.63) is 0 Å². The van der Waals surface area contributed by atoms with Crippen molar-refractivity contribution in [3.8, 4) is 12.3 Å². The second-order valence-electron chi connectivity index (χ2n) is 4.40. The zero-order chi connectivity index (χ0) is 14.2. The average Bonchev–Trinajstić information content (AvgIpc) is 2.24. The minimum Gasteiger partial charge on any atom is -0.481 e. The quantitative estimate of drug-likeness (QED) is 0.493. The van der Waals surface area contributed by atoms with Crippen LogP contribution in [0.15, 0.2) is 0 Å². The summed E-state index contributed by atoms with van der Waals surface area (Å²) < 4.78 is 0. The molecule has 0 spiro atoms. The van der Waals surface area contributed by atoms with Gasteiger partial charge in [0.2, 0.25) is 0 Å². The summed E-state index contributed by atoms with van der Waals surface area (Å²) >= 11 is 0. The number of nitrogens with one attached hydrogen (secondary N) is 2. The van der Waals surface area contributed by atoms with E-state index in [9.17, 15) is 14.7 Å². The molecule has 0 saturated carbocycles. The second kappa shape index (κ2) is 7.56. The summed E-state index contributed by atoms with van der Waals surface area (Å²) in [5, 5.41) is 23.2. The molecule has 102 valence electrons. The van der Waals surface area contributed by atoms with Crippen LogP contribution >= 0.6 is 0 Å². The second-order valence-corrected chi connectivity index (χ2v) is 4.40. The zero-order valence-electron chi connectivity index (χ0n) is 10.7. The number of rotatable bonds is 7. The number of terminal acetylenes is 1. The maximum atomic E-state index is 11.4. The number of amides is 2. The van der Waals surface area contributed by atoms with Gasteiger partial charge >= 0.3 is 12.0 Å². The predicted octanol–water partition coefficient (Wildman–Crippen LogP) is 0.313.